The minimum Gasteiger partial charge on any atom is -0.423 e. The highest BCUT2D eigenvalue weighted by Gasteiger charge is 2.46. The van der Waals surface area contributed by atoms with Crippen LogP contribution in [0.2, 0.25) is 5.02 Å². The van der Waals surface area contributed by atoms with Crippen molar-refractivity contribution in [2.45, 2.75) is 6.11 Å². The first-order valence-electron chi connectivity index (χ1n) is 3.77. The van der Waals surface area contributed by atoms with Crippen LogP contribution in [-0.2, 0) is 4.79 Å². The van der Waals surface area contributed by atoms with Crippen molar-refractivity contribution in [2.24, 2.45) is 0 Å². The fraction of sp³-hybridized carbons (Fsp3) is 0.125. The maximum Gasteiger partial charge on any atom is 0.482 e. The van der Waals surface area contributed by atoms with E-state index in [1.165, 1.54) is 12.1 Å². The maximum atomic E-state index is 12.8. The number of fused-ring (bicyclic) bond motifs is 1. The summed E-state index contributed by atoms with van der Waals surface area (Å²) in [5.74, 6) is -1.66. The number of anilines is 1. The Bertz CT molecular complexity index is 453. The van der Waals surface area contributed by atoms with E-state index in [1.807, 2.05) is 5.32 Å². The Balaban J connectivity index is 2.51. The minimum absolute atomic E-state index is 0.155. The predicted octanol–water partition coefficient (Wildman–Crippen LogP) is 3.03. The molecule has 0 aliphatic carbocycles. The van der Waals surface area contributed by atoms with Gasteiger partial charge in [0.05, 0.1) is 10.7 Å². The third-order valence-corrected chi connectivity index (χ3v) is 2.97. The summed E-state index contributed by atoms with van der Waals surface area (Å²) in [5.41, 5.74) is 0.155. The summed E-state index contributed by atoms with van der Waals surface area (Å²) >= 11 is 8.79. The summed E-state index contributed by atoms with van der Waals surface area (Å²) < 4.78 is 30.3. The van der Waals surface area contributed by atoms with Crippen molar-refractivity contribution in [3.8, 4) is 5.75 Å². The average Bonchev–Trinajstić information content (AvgIpc) is 2.11. The summed E-state index contributed by atoms with van der Waals surface area (Å²) in [6.07, 6.45) is -3.86. The standard InChI is InChI=1S/C8H3BrClF2NO2/c9-3-1-5-6(2-4(3)10)15-8(11,12)7(14)13-5/h1-2H,(H,13,14). The summed E-state index contributed by atoms with van der Waals surface area (Å²) in [6, 6.07) is 2.60. The number of amides is 1. The Morgan fingerprint density at radius 3 is 2.80 bits per heavy atom. The summed E-state index contributed by atoms with van der Waals surface area (Å²) in [5, 5.41) is 2.24. The van der Waals surface area contributed by atoms with Crippen molar-refractivity contribution >= 4 is 39.1 Å². The van der Waals surface area contributed by atoms with Crippen LogP contribution in [-0.4, -0.2) is 12.0 Å². The molecular weight excluding hydrogens is 295 g/mol. The Hall–Kier alpha value is -0.880. The molecule has 0 radical (unpaired) electrons. The first-order valence-corrected chi connectivity index (χ1v) is 4.94. The van der Waals surface area contributed by atoms with E-state index < -0.39 is 12.0 Å². The van der Waals surface area contributed by atoms with Crippen molar-refractivity contribution in [1.82, 2.24) is 0 Å². The van der Waals surface area contributed by atoms with E-state index in [0.29, 0.717) is 4.47 Å². The molecule has 1 aromatic carbocycles. The number of alkyl halides is 2. The van der Waals surface area contributed by atoms with Gasteiger partial charge in [-0.05, 0) is 22.0 Å². The van der Waals surface area contributed by atoms with Crippen molar-refractivity contribution in [1.29, 1.82) is 0 Å². The number of nitrogens with one attached hydrogen (secondary N) is 1. The van der Waals surface area contributed by atoms with Gasteiger partial charge in [0.25, 0.3) is 0 Å². The van der Waals surface area contributed by atoms with Crippen molar-refractivity contribution in [3.63, 3.8) is 0 Å². The van der Waals surface area contributed by atoms with Gasteiger partial charge in [-0.15, -0.1) is 0 Å². The molecule has 1 heterocycles. The molecule has 15 heavy (non-hydrogen) atoms. The highest BCUT2D eigenvalue weighted by molar-refractivity contribution is 9.10. The lowest BCUT2D eigenvalue weighted by atomic mass is 10.2. The van der Waals surface area contributed by atoms with Crippen LogP contribution in [0.3, 0.4) is 0 Å². The number of hydrogen-bond donors (Lipinski definition) is 1. The van der Waals surface area contributed by atoms with Crippen LogP contribution >= 0.6 is 27.5 Å². The van der Waals surface area contributed by atoms with E-state index in [0.717, 1.165) is 0 Å². The molecule has 1 N–H and O–H groups in total. The molecule has 0 atom stereocenters. The third-order valence-electron chi connectivity index (χ3n) is 1.77. The fourth-order valence-electron chi connectivity index (χ4n) is 1.09. The SMILES string of the molecule is O=C1Nc2cc(Br)c(Cl)cc2OC1(F)F. The Kier molecular flexibility index (Phi) is 2.35. The van der Waals surface area contributed by atoms with Gasteiger partial charge in [-0.2, -0.15) is 8.78 Å². The molecule has 0 saturated heterocycles. The largest absolute Gasteiger partial charge is 0.482 e. The van der Waals surface area contributed by atoms with Crippen LogP contribution in [0.15, 0.2) is 16.6 Å². The number of rotatable bonds is 0. The molecule has 80 valence electrons. The lowest BCUT2D eigenvalue weighted by molar-refractivity contribution is -0.189. The minimum atomic E-state index is -3.86. The van der Waals surface area contributed by atoms with Crippen LogP contribution in [0, 0.1) is 0 Å². The number of carbonyl (C=O) groups is 1. The van der Waals surface area contributed by atoms with Gasteiger partial charge in [0.2, 0.25) is 0 Å². The van der Waals surface area contributed by atoms with Crippen LogP contribution in [0.1, 0.15) is 0 Å². The lowest BCUT2D eigenvalue weighted by Crippen LogP contribution is -2.43. The molecule has 7 heteroatoms. The number of benzene rings is 1. The van der Waals surface area contributed by atoms with E-state index >= 15 is 0 Å². The quantitative estimate of drug-likeness (QED) is 0.799. The summed E-state index contributed by atoms with van der Waals surface area (Å²) in [6.45, 7) is 0. The van der Waals surface area contributed by atoms with E-state index in [2.05, 4.69) is 20.7 Å². The number of hydrogen-bond acceptors (Lipinski definition) is 2. The second-order valence-electron chi connectivity index (χ2n) is 2.84. The zero-order valence-corrected chi connectivity index (χ0v) is 9.32. The molecule has 1 aliphatic heterocycles. The van der Waals surface area contributed by atoms with Gasteiger partial charge in [-0.3, -0.25) is 4.79 Å². The zero-order valence-electron chi connectivity index (χ0n) is 6.98. The molecule has 0 unspecified atom stereocenters. The van der Waals surface area contributed by atoms with E-state index in [4.69, 9.17) is 11.6 Å². The first kappa shape index (κ1) is 10.6. The molecule has 0 spiro atoms. The van der Waals surface area contributed by atoms with Gasteiger partial charge >= 0.3 is 12.0 Å². The monoisotopic (exact) mass is 297 g/mol. The molecule has 1 aromatic rings. The van der Waals surface area contributed by atoms with Crippen LogP contribution in [0.25, 0.3) is 0 Å². The summed E-state index contributed by atoms with van der Waals surface area (Å²) in [7, 11) is 0. The summed E-state index contributed by atoms with van der Waals surface area (Å²) in [4.78, 5) is 10.8. The van der Waals surface area contributed by atoms with Crippen LogP contribution in [0.5, 0.6) is 5.75 Å². The van der Waals surface area contributed by atoms with Crippen LogP contribution < -0.4 is 10.1 Å². The van der Waals surface area contributed by atoms with E-state index in [1.54, 1.807) is 0 Å². The molecule has 1 aliphatic rings. The van der Waals surface area contributed by atoms with Crippen molar-refractivity contribution < 1.29 is 18.3 Å². The number of halogens is 4. The predicted molar refractivity (Wildman–Crippen MR) is 53.4 cm³/mol. The molecule has 0 fully saturated rings. The molecule has 1 amide bonds. The maximum absolute atomic E-state index is 12.8. The molecule has 0 bridgehead atoms. The topological polar surface area (TPSA) is 38.3 Å². The van der Waals surface area contributed by atoms with Gasteiger partial charge in [-0.25, -0.2) is 0 Å². The van der Waals surface area contributed by atoms with Gasteiger partial charge < -0.3 is 10.1 Å². The van der Waals surface area contributed by atoms with Gasteiger partial charge in [0.1, 0.15) is 0 Å². The molecule has 0 aromatic heterocycles. The molecule has 2 rings (SSSR count). The number of ether oxygens (including phenoxy) is 1. The third kappa shape index (κ3) is 1.79. The fourth-order valence-corrected chi connectivity index (χ4v) is 1.59. The van der Waals surface area contributed by atoms with Crippen LogP contribution in [0.4, 0.5) is 14.5 Å². The second kappa shape index (κ2) is 3.31. The molecule has 3 nitrogen and oxygen atoms in total. The molecular formula is C8H3BrClF2NO2. The Labute approximate surface area is 96.5 Å². The van der Waals surface area contributed by atoms with Crippen molar-refractivity contribution in [2.75, 3.05) is 5.32 Å². The van der Waals surface area contributed by atoms with Gasteiger partial charge in [-0.1, -0.05) is 11.6 Å². The van der Waals surface area contributed by atoms with E-state index in [-0.39, 0.29) is 16.5 Å². The first-order chi connectivity index (χ1) is 6.90. The lowest BCUT2D eigenvalue weighted by Gasteiger charge is -2.24. The van der Waals surface area contributed by atoms with E-state index in [9.17, 15) is 13.6 Å². The van der Waals surface area contributed by atoms with Gasteiger partial charge in [0.15, 0.2) is 5.75 Å². The number of carbonyl (C=O) groups excluding carboxylic acids is 1. The average molecular weight is 298 g/mol. The van der Waals surface area contributed by atoms with Gasteiger partial charge in [0, 0.05) is 10.5 Å². The smallest absolute Gasteiger partial charge is 0.423 e. The Morgan fingerprint density at radius 2 is 2.13 bits per heavy atom. The highest BCUT2D eigenvalue weighted by Crippen LogP contribution is 2.40. The second-order valence-corrected chi connectivity index (χ2v) is 4.10. The normalized spacial score (nSPS) is 17.7. The zero-order chi connectivity index (χ0) is 11.2. The Morgan fingerprint density at radius 1 is 1.47 bits per heavy atom. The van der Waals surface area contributed by atoms with Crippen molar-refractivity contribution in [3.05, 3.63) is 21.6 Å². The highest BCUT2D eigenvalue weighted by atomic mass is 79.9. The molecule has 0 saturated carbocycles.